The van der Waals surface area contributed by atoms with E-state index >= 15 is 0 Å². The van der Waals surface area contributed by atoms with Gasteiger partial charge in [0.05, 0.1) is 0 Å². The van der Waals surface area contributed by atoms with E-state index in [1.165, 1.54) is 12.1 Å². The predicted molar refractivity (Wildman–Crippen MR) is 73.0 cm³/mol. The molecule has 2 rings (SSSR count). The number of benzene rings is 1. The highest BCUT2D eigenvalue weighted by Crippen LogP contribution is 2.22. The van der Waals surface area contributed by atoms with Crippen LogP contribution in [0.1, 0.15) is 20.3 Å². The van der Waals surface area contributed by atoms with Crippen molar-refractivity contribution in [3.63, 3.8) is 0 Å². The number of rotatable bonds is 1. The number of anilines is 1. The molecule has 0 radical (unpaired) electrons. The van der Waals surface area contributed by atoms with Gasteiger partial charge in [0.25, 0.3) is 0 Å². The first kappa shape index (κ1) is 11.9. The van der Waals surface area contributed by atoms with Crippen LogP contribution in [0.15, 0.2) is 28.7 Å². The van der Waals surface area contributed by atoms with E-state index in [1.807, 2.05) is 0 Å². The molecule has 0 aliphatic carbocycles. The van der Waals surface area contributed by atoms with Crippen molar-refractivity contribution >= 4 is 21.6 Å². The SMILES string of the molecule is CC1CN(c2ccc(Br)cc2)C(C)CCN1. The van der Waals surface area contributed by atoms with Crippen molar-refractivity contribution in [3.05, 3.63) is 28.7 Å². The molecule has 0 aromatic heterocycles. The molecule has 1 aromatic carbocycles. The predicted octanol–water partition coefficient (Wildman–Crippen LogP) is 3.03. The Morgan fingerprint density at radius 2 is 1.94 bits per heavy atom. The van der Waals surface area contributed by atoms with E-state index in [0.717, 1.165) is 17.6 Å². The van der Waals surface area contributed by atoms with Crippen molar-refractivity contribution in [1.29, 1.82) is 0 Å². The molecule has 1 aliphatic heterocycles. The molecule has 0 saturated carbocycles. The fourth-order valence-corrected chi connectivity index (χ4v) is 2.49. The van der Waals surface area contributed by atoms with Crippen molar-refractivity contribution in [2.24, 2.45) is 0 Å². The molecule has 1 aromatic rings. The summed E-state index contributed by atoms with van der Waals surface area (Å²) >= 11 is 3.48. The average molecular weight is 283 g/mol. The quantitative estimate of drug-likeness (QED) is 0.852. The standard InChI is InChI=1S/C13H19BrN2/c1-10-9-16(11(2)7-8-15-10)13-5-3-12(14)4-6-13/h3-6,10-11,15H,7-9H2,1-2H3. The highest BCUT2D eigenvalue weighted by atomic mass is 79.9. The maximum atomic E-state index is 3.54. The Kier molecular flexibility index (Phi) is 3.87. The van der Waals surface area contributed by atoms with E-state index in [9.17, 15) is 0 Å². The van der Waals surface area contributed by atoms with Gasteiger partial charge >= 0.3 is 0 Å². The second kappa shape index (κ2) is 5.19. The Morgan fingerprint density at radius 3 is 2.62 bits per heavy atom. The van der Waals surface area contributed by atoms with Crippen LogP contribution in [-0.4, -0.2) is 25.2 Å². The van der Waals surface area contributed by atoms with Gasteiger partial charge in [0, 0.05) is 28.8 Å². The largest absolute Gasteiger partial charge is 0.367 e. The summed E-state index contributed by atoms with van der Waals surface area (Å²) in [6.07, 6.45) is 1.21. The van der Waals surface area contributed by atoms with Crippen molar-refractivity contribution in [2.45, 2.75) is 32.4 Å². The lowest BCUT2D eigenvalue weighted by Gasteiger charge is -2.30. The lowest BCUT2D eigenvalue weighted by atomic mass is 10.1. The van der Waals surface area contributed by atoms with Gasteiger partial charge in [-0.15, -0.1) is 0 Å². The topological polar surface area (TPSA) is 15.3 Å². The van der Waals surface area contributed by atoms with Gasteiger partial charge in [0.2, 0.25) is 0 Å². The third-order valence-electron chi connectivity index (χ3n) is 3.22. The number of nitrogens with one attached hydrogen (secondary N) is 1. The molecule has 2 atom stereocenters. The van der Waals surface area contributed by atoms with Crippen LogP contribution < -0.4 is 10.2 Å². The number of nitrogens with zero attached hydrogens (tertiary/aromatic N) is 1. The van der Waals surface area contributed by atoms with E-state index in [4.69, 9.17) is 0 Å². The van der Waals surface area contributed by atoms with Crippen LogP contribution in [0.25, 0.3) is 0 Å². The summed E-state index contributed by atoms with van der Waals surface area (Å²) in [6, 6.07) is 9.79. The molecule has 1 saturated heterocycles. The van der Waals surface area contributed by atoms with Gasteiger partial charge in [-0.05, 0) is 51.1 Å². The Hall–Kier alpha value is -0.540. The molecule has 2 nitrogen and oxygen atoms in total. The molecule has 1 aliphatic rings. The first-order valence-electron chi connectivity index (χ1n) is 5.92. The lowest BCUT2D eigenvalue weighted by Crippen LogP contribution is -2.38. The van der Waals surface area contributed by atoms with Gasteiger partial charge in [0.1, 0.15) is 0 Å². The Balaban J connectivity index is 2.19. The maximum absolute atomic E-state index is 3.54. The fourth-order valence-electron chi connectivity index (χ4n) is 2.23. The molecule has 0 spiro atoms. The minimum absolute atomic E-state index is 0.564. The molecular formula is C13H19BrN2. The number of hydrogen-bond acceptors (Lipinski definition) is 2. The summed E-state index contributed by atoms with van der Waals surface area (Å²) in [5.74, 6) is 0. The van der Waals surface area contributed by atoms with E-state index in [-0.39, 0.29) is 0 Å². The average Bonchev–Trinajstić information content (AvgIpc) is 2.42. The fraction of sp³-hybridized carbons (Fsp3) is 0.538. The van der Waals surface area contributed by atoms with E-state index in [1.54, 1.807) is 0 Å². The monoisotopic (exact) mass is 282 g/mol. The molecule has 1 N–H and O–H groups in total. The van der Waals surface area contributed by atoms with Crippen LogP contribution in [0.3, 0.4) is 0 Å². The summed E-state index contributed by atoms with van der Waals surface area (Å²) < 4.78 is 1.14. The Morgan fingerprint density at radius 1 is 1.25 bits per heavy atom. The molecule has 88 valence electrons. The van der Waals surface area contributed by atoms with Gasteiger partial charge in [-0.2, -0.15) is 0 Å². The zero-order chi connectivity index (χ0) is 11.5. The minimum atomic E-state index is 0.564. The van der Waals surface area contributed by atoms with Gasteiger partial charge in [0.15, 0.2) is 0 Å². The smallest absolute Gasteiger partial charge is 0.0369 e. The zero-order valence-corrected chi connectivity index (χ0v) is 11.5. The summed E-state index contributed by atoms with van der Waals surface area (Å²) in [6.45, 7) is 6.77. The maximum Gasteiger partial charge on any atom is 0.0369 e. The van der Waals surface area contributed by atoms with Crippen molar-refractivity contribution in [1.82, 2.24) is 5.32 Å². The van der Waals surface area contributed by atoms with E-state index in [0.29, 0.717) is 12.1 Å². The van der Waals surface area contributed by atoms with Gasteiger partial charge in [-0.1, -0.05) is 15.9 Å². The molecule has 16 heavy (non-hydrogen) atoms. The second-order valence-corrected chi connectivity index (χ2v) is 5.54. The highest BCUT2D eigenvalue weighted by Gasteiger charge is 2.20. The molecule has 3 heteroatoms. The highest BCUT2D eigenvalue weighted by molar-refractivity contribution is 9.10. The number of hydrogen-bond donors (Lipinski definition) is 1. The third-order valence-corrected chi connectivity index (χ3v) is 3.74. The Labute approximate surface area is 106 Å². The molecule has 1 fully saturated rings. The summed E-state index contributed by atoms with van der Waals surface area (Å²) in [5.41, 5.74) is 1.33. The Bertz CT molecular complexity index is 336. The van der Waals surface area contributed by atoms with Gasteiger partial charge in [-0.25, -0.2) is 0 Å². The first-order valence-corrected chi connectivity index (χ1v) is 6.71. The zero-order valence-electron chi connectivity index (χ0n) is 9.91. The van der Waals surface area contributed by atoms with Crippen molar-refractivity contribution in [2.75, 3.05) is 18.0 Å². The second-order valence-electron chi connectivity index (χ2n) is 4.62. The molecular weight excluding hydrogens is 264 g/mol. The van der Waals surface area contributed by atoms with Gasteiger partial charge in [-0.3, -0.25) is 0 Å². The summed E-state index contributed by atoms with van der Waals surface area (Å²) in [5, 5.41) is 3.54. The van der Waals surface area contributed by atoms with Crippen LogP contribution in [0.4, 0.5) is 5.69 Å². The summed E-state index contributed by atoms with van der Waals surface area (Å²) in [7, 11) is 0. The van der Waals surface area contributed by atoms with Crippen LogP contribution in [0, 0.1) is 0 Å². The first-order chi connectivity index (χ1) is 7.66. The van der Waals surface area contributed by atoms with Crippen LogP contribution in [0.5, 0.6) is 0 Å². The van der Waals surface area contributed by atoms with Crippen molar-refractivity contribution in [3.8, 4) is 0 Å². The summed E-state index contributed by atoms with van der Waals surface area (Å²) in [4.78, 5) is 2.50. The van der Waals surface area contributed by atoms with Crippen LogP contribution >= 0.6 is 15.9 Å². The van der Waals surface area contributed by atoms with Gasteiger partial charge < -0.3 is 10.2 Å². The normalized spacial score (nSPS) is 26.6. The lowest BCUT2D eigenvalue weighted by molar-refractivity contribution is 0.585. The van der Waals surface area contributed by atoms with Crippen LogP contribution in [-0.2, 0) is 0 Å². The number of halogens is 1. The minimum Gasteiger partial charge on any atom is -0.367 e. The molecule has 0 bridgehead atoms. The molecule has 1 heterocycles. The van der Waals surface area contributed by atoms with E-state index in [2.05, 4.69) is 64.3 Å². The third kappa shape index (κ3) is 2.77. The molecule has 2 unspecified atom stereocenters. The van der Waals surface area contributed by atoms with E-state index < -0.39 is 0 Å². The van der Waals surface area contributed by atoms with Crippen molar-refractivity contribution < 1.29 is 0 Å². The van der Waals surface area contributed by atoms with Crippen LogP contribution in [0.2, 0.25) is 0 Å². The molecule has 0 amide bonds.